The fourth-order valence-corrected chi connectivity index (χ4v) is 3.21. The van der Waals surface area contributed by atoms with Crippen LogP contribution in [-0.4, -0.2) is 20.7 Å². The summed E-state index contributed by atoms with van der Waals surface area (Å²) < 4.78 is 2.08. The van der Waals surface area contributed by atoms with Crippen molar-refractivity contribution in [2.45, 2.75) is 19.6 Å². The highest BCUT2D eigenvalue weighted by Gasteiger charge is 2.21. The van der Waals surface area contributed by atoms with Crippen molar-refractivity contribution in [1.29, 1.82) is 0 Å². The van der Waals surface area contributed by atoms with E-state index in [1.165, 1.54) is 11.3 Å². The van der Waals surface area contributed by atoms with Crippen LogP contribution in [0, 0.1) is 4.77 Å². The van der Waals surface area contributed by atoms with E-state index < -0.39 is 6.04 Å². The maximum atomic E-state index is 12.4. The van der Waals surface area contributed by atoms with Crippen LogP contribution in [0.1, 0.15) is 18.5 Å². The number of hydroxylamine groups is 1. The van der Waals surface area contributed by atoms with E-state index in [0.29, 0.717) is 17.2 Å². The van der Waals surface area contributed by atoms with Gasteiger partial charge in [0.15, 0.2) is 10.6 Å². The summed E-state index contributed by atoms with van der Waals surface area (Å²) >= 11 is 6.80. The summed E-state index contributed by atoms with van der Waals surface area (Å²) in [5.74, 6) is 0.349. The van der Waals surface area contributed by atoms with Gasteiger partial charge in [0.05, 0.1) is 11.5 Å². The van der Waals surface area contributed by atoms with E-state index in [1.807, 2.05) is 47.8 Å². The van der Waals surface area contributed by atoms with Crippen LogP contribution in [0.4, 0.5) is 0 Å². The second kappa shape index (κ2) is 7.52. The molecular weight excluding hydrogens is 344 g/mol. The van der Waals surface area contributed by atoms with Gasteiger partial charge in [-0.2, -0.15) is 5.10 Å². The zero-order valence-corrected chi connectivity index (χ0v) is 14.6. The largest absolute Gasteiger partial charge is 0.287 e. The average Bonchev–Trinajstić information content (AvgIpc) is 3.24. The van der Waals surface area contributed by atoms with Crippen LogP contribution in [0.15, 0.2) is 47.8 Å². The van der Waals surface area contributed by atoms with Gasteiger partial charge >= 0.3 is 0 Å². The normalized spacial score (nSPS) is 12.0. The van der Waals surface area contributed by atoms with Gasteiger partial charge in [-0.1, -0.05) is 36.4 Å². The minimum Gasteiger partial charge on any atom is -0.287 e. The monoisotopic (exact) mass is 360 g/mol. The van der Waals surface area contributed by atoms with Crippen molar-refractivity contribution in [1.82, 2.24) is 20.2 Å². The number of hydrogen-bond donors (Lipinski definition) is 2. The SMILES string of the molecule is CC(C(=O)NOCc1ccccc1)n1c(-c2cccs2)n[nH]c1=S. The third-order valence-corrected chi connectivity index (χ3v) is 4.62. The fraction of sp³-hybridized carbons (Fsp3) is 0.188. The number of benzene rings is 1. The summed E-state index contributed by atoms with van der Waals surface area (Å²) in [6.07, 6.45) is 0. The molecule has 1 amide bonds. The number of aromatic nitrogens is 3. The molecule has 0 aliphatic carbocycles. The molecule has 3 rings (SSSR count). The molecule has 0 fully saturated rings. The van der Waals surface area contributed by atoms with Gasteiger partial charge in [-0.05, 0) is 36.2 Å². The minimum absolute atomic E-state index is 0.291. The first-order chi connectivity index (χ1) is 11.7. The van der Waals surface area contributed by atoms with Crippen LogP contribution in [0.2, 0.25) is 0 Å². The van der Waals surface area contributed by atoms with Crippen molar-refractivity contribution in [3.63, 3.8) is 0 Å². The van der Waals surface area contributed by atoms with Gasteiger partial charge in [0.1, 0.15) is 6.04 Å². The number of rotatable bonds is 6. The maximum absolute atomic E-state index is 12.4. The van der Waals surface area contributed by atoms with Gasteiger partial charge in [-0.3, -0.25) is 19.3 Å². The number of carbonyl (C=O) groups is 1. The van der Waals surface area contributed by atoms with Crippen molar-refractivity contribution in [2.75, 3.05) is 0 Å². The Bertz CT molecular complexity index is 856. The first-order valence-corrected chi connectivity index (χ1v) is 8.62. The fourth-order valence-electron chi connectivity index (χ4n) is 2.21. The number of H-pyrrole nitrogens is 1. The minimum atomic E-state index is -0.552. The molecule has 1 atom stereocenters. The second-order valence-corrected chi connectivity index (χ2v) is 6.45. The molecule has 2 aromatic heterocycles. The molecule has 24 heavy (non-hydrogen) atoms. The molecular formula is C16H16N4O2S2. The van der Waals surface area contributed by atoms with Crippen LogP contribution in [0.5, 0.6) is 0 Å². The van der Waals surface area contributed by atoms with E-state index in [9.17, 15) is 4.79 Å². The Morgan fingerprint density at radius 2 is 2.17 bits per heavy atom. The number of nitrogens with one attached hydrogen (secondary N) is 2. The predicted octanol–water partition coefficient (Wildman–Crippen LogP) is 3.48. The van der Waals surface area contributed by atoms with Crippen LogP contribution >= 0.6 is 23.6 Å². The van der Waals surface area contributed by atoms with Crippen molar-refractivity contribution in [3.8, 4) is 10.7 Å². The van der Waals surface area contributed by atoms with Gasteiger partial charge in [0, 0.05) is 0 Å². The summed E-state index contributed by atoms with van der Waals surface area (Å²) in [7, 11) is 0. The molecule has 2 heterocycles. The van der Waals surface area contributed by atoms with E-state index in [2.05, 4.69) is 15.7 Å². The summed E-state index contributed by atoms with van der Waals surface area (Å²) in [5.41, 5.74) is 3.45. The maximum Gasteiger partial charge on any atom is 0.266 e. The van der Waals surface area contributed by atoms with E-state index in [0.717, 1.165) is 10.4 Å². The van der Waals surface area contributed by atoms with Crippen LogP contribution < -0.4 is 5.48 Å². The third-order valence-electron chi connectivity index (χ3n) is 3.47. The second-order valence-electron chi connectivity index (χ2n) is 5.12. The molecule has 0 saturated carbocycles. The highest BCUT2D eigenvalue weighted by atomic mass is 32.1. The Labute approximate surface area is 148 Å². The Morgan fingerprint density at radius 1 is 1.38 bits per heavy atom. The zero-order valence-electron chi connectivity index (χ0n) is 12.9. The number of carbonyl (C=O) groups excluding carboxylic acids is 1. The van der Waals surface area contributed by atoms with Crippen molar-refractivity contribution in [2.24, 2.45) is 0 Å². The molecule has 0 aliphatic rings. The Morgan fingerprint density at radius 3 is 2.88 bits per heavy atom. The molecule has 8 heteroatoms. The summed E-state index contributed by atoms with van der Waals surface area (Å²) in [6.45, 7) is 2.05. The van der Waals surface area contributed by atoms with Crippen LogP contribution in [0.25, 0.3) is 10.7 Å². The Hall–Kier alpha value is -2.29. The highest BCUT2D eigenvalue weighted by molar-refractivity contribution is 7.71. The number of nitrogens with zero attached hydrogens (tertiary/aromatic N) is 2. The van der Waals surface area contributed by atoms with Gasteiger partial charge in [-0.25, -0.2) is 5.48 Å². The highest BCUT2D eigenvalue weighted by Crippen LogP contribution is 2.25. The number of hydrogen-bond acceptors (Lipinski definition) is 5. The molecule has 0 saturated heterocycles. The van der Waals surface area contributed by atoms with Crippen molar-refractivity contribution in [3.05, 3.63) is 58.2 Å². The van der Waals surface area contributed by atoms with Crippen LogP contribution in [-0.2, 0) is 16.2 Å². The molecule has 6 nitrogen and oxygen atoms in total. The predicted molar refractivity (Wildman–Crippen MR) is 94.8 cm³/mol. The molecule has 1 aromatic carbocycles. The van der Waals surface area contributed by atoms with Gasteiger partial charge in [-0.15, -0.1) is 11.3 Å². The average molecular weight is 360 g/mol. The van der Waals surface area contributed by atoms with Crippen LogP contribution in [0.3, 0.4) is 0 Å². The Balaban J connectivity index is 1.68. The first kappa shape index (κ1) is 16.6. The summed E-state index contributed by atoms with van der Waals surface area (Å²) in [5, 5.41) is 8.92. The number of amides is 1. The molecule has 124 valence electrons. The first-order valence-electron chi connectivity index (χ1n) is 7.33. The molecule has 2 N–H and O–H groups in total. The number of thiophene rings is 1. The molecule has 1 unspecified atom stereocenters. The van der Waals surface area contributed by atoms with E-state index >= 15 is 0 Å². The third kappa shape index (κ3) is 3.61. The molecule has 3 aromatic rings. The van der Waals surface area contributed by atoms with Gasteiger partial charge < -0.3 is 0 Å². The number of aromatic amines is 1. The lowest BCUT2D eigenvalue weighted by Crippen LogP contribution is -2.31. The molecule has 0 bridgehead atoms. The topological polar surface area (TPSA) is 71.9 Å². The molecule has 0 radical (unpaired) electrons. The molecule has 0 spiro atoms. The quantitative estimate of drug-likeness (QED) is 0.521. The van der Waals surface area contributed by atoms with E-state index in [1.54, 1.807) is 11.5 Å². The lowest BCUT2D eigenvalue weighted by molar-refractivity contribution is -0.137. The zero-order chi connectivity index (χ0) is 16.9. The van der Waals surface area contributed by atoms with Gasteiger partial charge in [0.2, 0.25) is 0 Å². The smallest absolute Gasteiger partial charge is 0.266 e. The van der Waals surface area contributed by atoms with E-state index in [4.69, 9.17) is 17.1 Å². The summed E-state index contributed by atoms with van der Waals surface area (Å²) in [4.78, 5) is 18.6. The van der Waals surface area contributed by atoms with Crippen molar-refractivity contribution >= 4 is 29.5 Å². The summed E-state index contributed by atoms with van der Waals surface area (Å²) in [6, 6.07) is 12.9. The van der Waals surface area contributed by atoms with Gasteiger partial charge in [0.25, 0.3) is 5.91 Å². The van der Waals surface area contributed by atoms with E-state index in [-0.39, 0.29) is 5.91 Å². The lowest BCUT2D eigenvalue weighted by atomic mass is 10.2. The Kier molecular flexibility index (Phi) is 5.19. The lowest BCUT2D eigenvalue weighted by Gasteiger charge is -2.15. The standard InChI is InChI=1S/C16H16N4O2S2/c1-11(15(21)19-22-10-12-6-3-2-4-7-12)20-14(17-18-16(20)23)13-8-5-9-24-13/h2-9,11H,10H2,1H3,(H,18,23)(H,19,21). The van der Waals surface area contributed by atoms with Crippen molar-refractivity contribution < 1.29 is 9.63 Å². The molecule has 0 aliphatic heterocycles.